The summed E-state index contributed by atoms with van der Waals surface area (Å²) in [5.41, 5.74) is 8.80. The van der Waals surface area contributed by atoms with Crippen molar-refractivity contribution in [2.24, 2.45) is 0 Å². The Hall–Kier alpha value is -3.07. The van der Waals surface area contributed by atoms with E-state index in [-0.39, 0.29) is 0 Å². The second-order valence-corrected chi connectivity index (χ2v) is 10.1. The first kappa shape index (κ1) is 23.7. The number of rotatable bonds is 8. The molecular weight excluding hydrogens is 428 g/mol. The minimum atomic E-state index is 0.486. The molecule has 3 nitrogen and oxygen atoms in total. The molecule has 0 spiro atoms. The third-order valence-electron chi connectivity index (χ3n) is 7.53. The second-order valence-electron chi connectivity index (χ2n) is 10.1. The van der Waals surface area contributed by atoms with Crippen molar-refractivity contribution in [2.45, 2.75) is 71.6 Å². The van der Waals surface area contributed by atoms with Crippen molar-refractivity contribution >= 4 is 16.7 Å². The fourth-order valence-corrected chi connectivity index (χ4v) is 5.65. The molecule has 0 radical (unpaired) electrons. The molecule has 1 aliphatic carbocycles. The molecule has 35 heavy (non-hydrogen) atoms. The average Bonchev–Trinajstić information content (AvgIpc) is 2.90. The molecule has 2 aromatic rings. The number of fused-ring (bicyclic) bond motifs is 2. The third kappa shape index (κ3) is 4.87. The molecule has 2 aliphatic heterocycles. The van der Waals surface area contributed by atoms with Gasteiger partial charge in [-0.3, -0.25) is 0 Å². The highest BCUT2D eigenvalue weighted by Gasteiger charge is 2.22. The highest BCUT2D eigenvalue weighted by Crippen LogP contribution is 2.43. The molecule has 1 N–H and O–H groups in total. The summed E-state index contributed by atoms with van der Waals surface area (Å²) in [4.78, 5) is 2.54. The van der Waals surface area contributed by atoms with Gasteiger partial charge in [0.2, 0.25) is 0 Å². The van der Waals surface area contributed by atoms with Crippen LogP contribution in [-0.2, 0) is 12.8 Å². The number of piperidine rings is 1. The molecule has 1 saturated heterocycles. The van der Waals surface area contributed by atoms with Crippen molar-refractivity contribution in [3.63, 3.8) is 0 Å². The second kappa shape index (κ2) is 10.7. The van der Waals surface area contributed by atoms with Crippen LogP contribution in [0.3, 0.4) is 0 Å². The quantitative estimate of drug-likeness (QED) is 0.265. The van der Waals surface area contributed by atoms with Gasteiger partial charge in [0.25, 0.3) is 0 Å². The van der Waals surface area contributed by atoms with Gasteiger partial charge in [0, 0.05) is 41.4 Å². The number of anilines is 1. The molecule has 0 atom stereocenters. The zero-order valence-electron chi connectivity index (χ0n) is 21.3. The summed E-state index contributed by atoms with van der Waals surface area (Å²) in [6.07, 6.45) is 10.8. The van der Waals surface area contributed by atoms with E-state index in [1.165, 1.54) is 78.3 Å². The van der Waals surface area contributed by atoms with Crippen molar-refractivity contribution < 1.29 is 4.42 Å². The first-order valence-electron chi connectivity index (χ1n) is 13.6. The molecule has 0 unspecified atom stereocenters. The number of hydrogen-bond donors (Lipinski definition) is 1. The summed E-state index contributed by atoms with van der Waals surface area (Å²) < 4.78 is 6.49. The van der Waals surface area contributed by atoms with E-state index < -0.39 is 0 Å². The summed E-state index contributed by atoms with van der Waals surface area (Å²) in [7, 11) is 0. The summed E-state index contributed by atoms with van der Waals surface area (Å²) in [5, 5.41) is 9.96. The molecule has 0 bridgehead atoms. The number of nitrogens with zero attached hydrogens (tertiary/aromatic N) is 1. The van der Waals surface area contributed by atoms with Gasteiger partial charge in [-0.2, -0.15) is 0 Å². The van der Waals surface area contributed by atoms with Crippen molar-refractivity contribution in [1.82, 2.24) is 0 Å². The number of nitrogens with one attached hydrogen (secondary N) is 1. The summed E-state index contributed by atoms with van der Waals surface area (Å²) >= 11 is 0. The van der Waals surface area contributed by atoms with Crippen LogP contribution in [0, 0.1) is 5.41 Å². The van der Waals surface area contributed by atoms with Crippen LogP contribution in [0.15, 0.2) is 59.0 Å². The highest BCUT2D eigenvalue weighted by molar-refractivity contribution is 6.04. The van der Waals surface area contributed by atoms with Crippen LogP contribution in [0.2, 0.25) is 0 Å². The normalized spacial score (nSPS) is 14.2. The summed E-state index contributed by atoms with van der Waals surface area (Å²) in [5.74, 6) is 0.797. The fraction of sp³-hybridized carbons (Fsp3) is 0.406. The Morgan fingerprint density at radius 3 is 2.46 bits per heavy atom. The smallest absolute Gasteiger partial charge is 0.137 e. The van der Waals surface area contributed by atoms with E-state index in [1.807, 2.05) is 12.1 Å². The lowest BCUT2D eigenvalue weighted by molar-refractivity contribution is 0.578. The van der Waals surface area contributed by atoms with Crippen LogP contribution in [0.25, 0.3) is 33.4 Å². The number of benzene rings is 3. The molecule has 2 aromatic carbocycles. The van der Waals surface area contributed by atoms with E-state index in [9.17, 15) is 0 Å². The molecule has 182 valence electrons. The Kier molecular flexibility index (Phi) is 7.22. The molecule has 0 saturated carbocycles. The van der Waals surface area contributed by atoms with E-state index in [1.54, 1.807) is 0 Å². The Morgan fingerprint density at radius 2 is 1.66 bits per heavy atom. The summed E-state index contributed by atoms with van der Waals surface area (Å²) in [6.45, 7) is 6.82. The molecule has 1 fully saturated rings. The van der Waals surface area contributed by atoms with E-state index >= 15 is 0 Å². The maximum absolute atomic E-state index is 8.20. The van der Waals surface area contributed by atoms with E-state index in [0.29, 0.717) is 5.36 Å². The van der Waals surface area contributed by atoms with Crippen molar-refractivity contribution in [3.05, 3.63) is 71.1 Å². The Bertz CT molecular complexity index is 1330. The number of aryl methyl sites for hydroxylation is 2. The molecule has 3 aliphatic rings. The first-order valence-corrected chi connectivity index (χ1v) is 13.6. The molecule has 0 amide bonds. The molecule has 2 heterocycles. The van der Waals surface area contributed by atoms with Gasteiger partial charge in [-0.15, -0.1) is 0 Å². The highest BCUT2D eigenvalue weighted by atomic mass is 16.3. The minimum Gasteiger partial charge on any atom is -0.456 e. The molecule has 0 aromatic heterocycles. The summed E-state index contributed by atoms with van der Waals surface area (Å²) in [6, 6.07) is 19.4. The average molecular weight is 467 g/mol. The van der Waals surface area contributed by atoms with Crippen molar-refractivity contribution in [2.75, 3.05) is 18.0 Å². The van der Waals surface area contributed by atoms with E-state index in [2.05, 4.69) is 61.2 Å². The van der Waals surface area contributed by atoms with Crippen molar-refractivity contribution in [3.8, 4) is 22.5 Å². The Morgan fingerprint density at radius 1 is 0.857 bits per heavy atom. The van der Waals surface area contributed by atoms with Crippen LogP contribution < -0.4 is 10.3 Å². The Balaban J connectivity index is 1.79. The standard InChI is InChI=1S/C32H38N2O/c1-3-5-11-23-15-18-29-32(27(23)14-6-4-2)31(28-17-16-25(33)22-30(28)35-29)24-12-10-13-26(21-24)34-19-8-7-9-20-34/h10,12-13,15-18,21-22,33H,3-9,11,14,19-20H2,1-2H3. The Labute approximate surface area is 209 Å². The van der Waals surface area contributed by atoms with Gasteiger partial charge in [0.1, 0.15) is 11.3 Å². The minimum absolute atomic E-state index is 0.486. The SMILES string of the molecule is CCCCc1ccc2oc3cc(=N)ccc-3c(-c3cccc(N4CCCCC4)c3)c2c1CCCC. The van der Waals surface area contributed by atoms with E-state index in [0.717, 1.165) is 42.8 Å². The fourth-order valence-electron chi connectivity index (χ4n) is 5.65. The number of hydrogen-bond acceptors (Lipinski definition) is 3. The lowest BCUT2D eigenvalue weighted by Crippen LogP contribution is -2.29. The van der Waals surface area contributed by atoms with E-state index in [4.69, 9.17) is 9.83 Å². The van der Waals surface area contributed by atoms with Gasteiger partial charge >= 0.3 is 0 Å². The third-order valence-corrected chi connectivity index (χ3v) is 7.53. The van der Waals surface area contributed by atoms with Gasteiger partial charge in [-0.1, -0.05) is 44.9 Å². The topological polar surface area (TPSA) is 40.2 Å². The van der Waals surface area contributed by atoms with Crippen LogP contribution in [0.4, 0.5) is 5.69 Å². The zero-order chi connectivity index (χ0) is 24.2. The molecule has 3 heteroatoms. The van der Waals surface area contributed by atoms with Gasteiger partial charge in [0.05, 0.1) is 5.36 Å². The lowest BCUT2D eigenvalue weighted by atomic mass is 9.87. The monoisotopic (exact) mass is 466 g/mol. The van der Waals surface area contributed by atoms with Crippen molar-refractivity contribution in [1.29, 1.82) is 5.41 Å². The van der Waals surface area contributed by atoms with Crippen LogP contribution in [-0.4, -0.2) is 13.1 Å². The lowest BCUT2D eigenvalue weighted by Gasteiger charge is -2.29. The molecular formula is C32H38N2O. The predicted molar refractivity (Wildman–Crippen MR) is 147 cm³/mol. The molecule has 5 rings (SSSR count). The predicted octanol–water partition coefficient (Wildman–Crippen LogP) is 8.36. The van der Waals surface area contributed by atoms with Crippen LogP contribution in [0.1, 0.15) is 69.9 Å². The maximum Gasteiger partial charge on any atom is 0.137 e. The number of unbranched alkanes of at least 4 members (excludes halogenated alkanes) is 2. The van der Waals surface area contributed by atoms with Crippen LogP contribution >= 0.6 is 0 Å². The van der Waals surface area contributed by atoms with Gasteiger partial charge in [-0.25, -0.2) is 0 Å². The first-order chi connectivity index (χ1) is 17.2. The van der Waals surface area contributed by atoms with Gasteiger partial charge < -0.3 is 14.7 Å². The van der Waals surface area contributed by atoms with Gasteiger partial charge in [0.15, 0.2) is 0 Å². The maximum atomic E-state index is 8.20. The van der Waals surface area contributed by atoms with Crippen LogP contribution in [0.5, 0.6) is 0 Å². The van der Waals surface area contributed by atoms with Gasteiger partial charge in [-0.05, 0) is 92.0 Å². The largest absolute Gasteiger partial charge is 0.456 e. The zero-order valence-corrected chi connectivity index (χ0v) is 21.3.